The van der Waals surface area contributed by atoms with E-state index in [0.29, 0.717) is 6.10 Å². The number of nitrogens with one attached hydrogen (secondary N) is 1. The van der Waals surface area contributed by atoms with Crippen LogP contribution in [0.5, 0.6) is 0 Å². The molecule has 0 spiro atoms. The first kappa shape index (κ1) is 12.3. The summed E-state index contributed by atoms with van der Waals surface area (Å²) in [6.45, 7) is 7.92. The maximum atomic E-state index is 5.96. The summed E-state index contributed by atoms with van der Waals surface area (Å²) in [6, 6.07) is 0.830. The van der Waals surface area contributed by atoms with Crippen LogP contribution in [0.4, 0.5) is 0 Å². The van der Waals surface area contributed by atoms with Crippen LogP contribution in [-0.2, 0) is 4.74 Å². The van der Waals surface area contributed by atoms with E-state index in [4.69, 9.17) is 4.74 Å². The summed E-state index contributed by atoms with van der Waals surface area (Å²) in [4.78, 5) is 2.61. The van der Waals surface area contributed by atoms with Crippen LogP contribution in [-0.4, -0.2) is 49.8 Å². The van der Waals surface area contributed by atoms with E-state index in [-0.39, 0.29) is 0 Å². The minimum absolute atomic E-state index is 0.518. The van der Waals surface area contributed by atoms with Gasteiger partial charge in [-0.2, -0.15) is 0 Å². The van der Waals surface area contributed by atoms with Crippen LogP contribution >= 0.6 is 0 Å². The van der Waals surface area contributed by atoms with Crippen molar-refractivity contribution in [3.8, 4) is 0 Å². The van der Waals surface area contributed by atoms with Crippen molar-refractivity contribution < 1.29 is 4.74 Å². The molecule has 0 amide bonds. The molecule has 0 aromatic rings. The summed E-state index contributed by atoms with van der Waals surface area (Å²) in [5, 5.41) is 3.37. The molecule has 2 fully saturated rings. The second-order valence-corrected chi connectivity index (χ2v) is 5.06. The molecule has 1 N–H and O–H groups in total. The zero-order valence-electron chi connectivity index (χ0n) is 10.6. The number of rotatable bonds is 5. The van der Waals surface area contributed by atoms with E-state index in [1.807, 2.05) is 0 Å². The van der Waals surface area contributed by atoms with Gasteiger partial charge < -0.3 is 10.1 Å². The highest BCUT2D eigenvalue weighted by atomic mass is 16.5. The van der Waals surface area contributed by atoms with Crippen LogP contribution in [0.2, 0.25) is 0 Å². The van der Waals surface area contributed by atoms with Crippen LogP contribution in [0.15, 0.2) is 0 Å². The molecule has 1 atom stereocenters. The van der Waals surface area contributed by atoms with Crippen LogP contribution < -0.4 is 5.32 Å². The van der Waals surface area contributed by atoms with E-state index in [2.05, 4.69) is 17.1 Å². The SMILES string of the molecule is CCC1CCCN1CCOC1CCNCC1. The molecule has 0 aliphatic carbocycles. The average Bonchev–Trinajstić information content (AvgIpc) is 2.78. The van der Waals surface area contributed by atoms with Gasteiger partial charge >= 0.3 is 0 Å². The zero-order chi connectivity index (χ0) is 11.2. The Morgan fingerprint density at radius 3 is 2.81 bits per heavy atom. The Morgan fingerprint density at radius 2 is 2.06 bits per heavy atom. The molecule has 3 heteroatoms. The van der Waals surface area contributed by atoms with Gasteiger partial charge in [-0.3, -0.25) is 4.90 Å². The predicted octanol–water partition coefficient (Wildman–Crippen LogP) is 1.63. The first-order valence-electron chi connectivity index (χ1n) is 6.96. The summed E-state index contributed by atoms with van der Waals surface area (Å²) in [5.41, 5.74) is 0. The van der Waals surface area contributed by atoms with Gasteiger partial charge in [0.1, 0.15) is 0 Å². The van der Waals surface area contributed by atoms with Crippen molar-refractivity contribution in [3.63, 3.8) is 0 Å². The first-order chi connectivity index (χ1) is 7.90. The van der Waals surface area contributed by atoms with Gasteiger partial charge in [0.05, 0.1) is 12.7 Å². The Hall–Kier alpha value is -0.120. The largest absolute Gasteiger partial charge is 0.377 e. The van der Waals surface area contributed by atoms with Gasteiger partial charge in [-0.15, -0.1) is 0 Å². The van der Waals surface area contributed by atoms with Crippen LogP contribution in [0.1, 0.15) is 39.0 Å². The molecule has 0 aromatic carbocycles. The van der Waals surface area contributed by atoms with Gasteiger partial charge in [0.2, 0.25) is 0 Å². The lowest BCUT2D eigenvalue weighted by molar-refractivity contribution is 0.0183. The summed E-state index contributed by atoms with van der Waals surface area (Å²) in [6.07, 6.45) is 6.97. The average molecular weight is 226 g/mol. The summed E-state index contributed by atoms with van der Waals surface area (Å²) in [7, 11) is 0. The quantitative estimate of drug-likeness (QED) is 0.771. The number of hydrogen-bond acceptors (Lipinski definition) is 3. The van der Waals surface area contributed by atoms with Crippen molar-refractivity contribution in [3.05, 3.63) is 0 Å². The van der Waals surface area contributed by atoms with Gasteiger partial charge in [0.25, 0.3) is 0 Å². The fourth-order valence-corrected chi connectivity index (χ4v) is 2.95. The second kappa shape index (κ2) is 6.58. The third kappa shape index (κ3) is 3.44. The van der Waals surface area contributed by atoms with Crippen LogP contribution in [0.25, 0.3) is 0 Å². The molecule has 0 saturated carbocycles. The standard InChI is InChI=1S/C13H26N2O/c1-2-12-4-3-9-15(12)10-11-16-13-5-7-14-8-6-13/h12-14H,2-11H2,1H3. The Kier molecular flexibility index (Phi) is 5.07. The Balaban J connectivity index is 1.59. The van der Waals surface area contributed by atoms with Gasteiger partial charge in [-0.05, 0) is 51.7 Å². The number of likely N-dealkylation sites (tertiary alicyclic amines) is 1. The normalized spacial score (nSPS) is 28.7. The highest BCUT2D eigenvalue weighted by molar-refractivity contribution is 4.77. The minimum Gasteiger partial charge on any atom is -0.377 e. The monoisotopic (exact) mass is 226 g/mol. The molecule has 3 nitrogen and oxygen atoms in total. The van der Waals surface area contributed by atoms with Gasteiger partial charge in [0, 0.05) is 12.6 Å². The summed E-state index contributed by atoms with van der Waals surface area (Å²) < 4.78 is 5.96. The van der Waals surface area contributed by atoms with Crippen LogP contribution in [0, 0.1) is 0 Å². The van der Waals surface area contributed by atoms with Crippen molar-refractivity contribution in [1.82, 2.24) is 10.2 Å². The topological polar surface area (TPSA) is 24.5 Å². The van der Waals surface area contributed by atoms with Crippen molar-refractivity contribution in [2.24, 2.45) is 0 Å². The smallest absolute Gasteiger partial charge is 0.0600 e. The lowest BCUT2D eigenvalue weighted by Crippen LogP contribution is -2.36. The molecule has 16 heavy (non-hydrogen) atoms. The van der Waals surface area contributed by atoms with E-state index >= 15 is 0 Å². The maximum Gasteiger partial charge on any atom is 0.0600 e. The molecular weight excluding hydrogens is 200 g/mol. The van der Waals surface area contributed by atoms with E-state index < -0.39 is 0 Å². The van der Waals surface area contributed by atoms with Crippen molar-refractivity contribution >= 4 is 0 Å². The summed E-state index contributed by atoms with van der Waals surface area (Å²) >= 11 is 0. The van der Waals surface area contributed by atoms with Crippen molar-refractivity contribution in [1.29, 1.82) is 0 Å². The van der Waals surface area contributed by atoms with Crippen molar-refractivity contribution in [2.75, 3.05) is 32.8 Å². The lowest BCUT2D eigenvalue weighted by atomic mass is 10.1. The van der Waals surface area contributed by atoms with Gasteiger partial charge in [-0.1, -0.05) is 6.92 Å². The lowest BCUT2D eigenvalue weighted by Gasteiger charge is -2.26. The molecule has 1 unspecified atom stereocenters. The minimum atomic E-state index is 0.518. The third-order valence-electron chi connectivity index (χ3n) is 3.99. The van der Waals surface area contributed by atoms with E-state index in [1.54, 1.807) is 0 Å². The zero-order valence-corrected chi connectivity index (χ0v) is 10.6. The first-order valence-corrected chi connectivity index (χ1v) is 6.96. The number of ether oxygens (including phenoxy) is 1. The fraction of sp³-hybridized carbons (Fsp3) is 1.00. The molecule has 0 radical (unpaired) electrons. The molecule has 2 rings (SSSR count). The molecule has 2 saturated heterocycles. The number of nitrogens with zero attached hydrogens (tertiary/aromatic N) is 1. The molecular formula is C13H26N2O. The van der Waals surface area contributed by atoms with Crippen molar-refractivity contribution in [2.45, 2.75) is 51.2 Å². The molecule has 2 aliphatic rings. The van der Waals surface area contributed by atoms with E-state index in [1.165, 1.54) is 38.6 Å². The van der Waals surface area contributed by atoms with E-state index in [9.17, 15) is 0 Å². The third-order valence-corrected chi connectivity index (χ3v) is 3.99. The van der Waals surface area contributed by atoms with Gasteiger partial charge in [0.15, 0.2) is 0 Å². The maximum absolute atomic E-state index is 5.96. The Morgan fingerprint density at radius 1 is 1.25 bits per heavy atom. The Labute approximate surface area is 99.5 Å². The molecule has 2 heterocycles. The molecule has 2 aliphatic heterocycles. The highest BCUT2D eigenvalue weighted by Crippen LogP contribution is 2.19. The van der Waals surface area contributed by atoms with E-state index in [0.717, 1.165) is 32.3 Å². The molecule has 0 aromatic heterocycles. The highest BCUT2D eigenvalue weighted by Gasteiger charge is 2.22. The van der Waals surface area contributed by atoms with Crippen LogP contribution in [0.3, 0.4) is 0 Å². The Bertz CT molecular complexity index is 192. The number of piperidine rings is 1. The summed E-state index contributed by atoms with van der Waals surface area (Å²) in [5.74, 6) is 0. The predicted molar refractivity (Wildman–Crippen MR) is 66.7 cm³/mol. The fourth-order valence-electron chi connectivity index (χ4n) is 2.95. The second-order valence-electron chi connectivity index (χ2n) is 5.06. The molecule has 94 valence electrons. The molecule has 0 bridgehead atoms. The number of hydrogen-bond donors (Lipinski definition) is 1. The van der Waals surface area contributed by atoms with Gasteiger partial charge in [-0.25, -0.2) is 0 Å².